The molecule has 162 valence electrons. The maximum atomic E-state index is 13.9. The normalized spacial score (nSPS) is 12.8. The molecule has 2 aromatic heterocycles. The van der Waals surface area contributed by atoms with Crippen LogP contribution in [0.2, 0.25) is 0 Å². The van der Waals surface area contributed by atoms with Gasteiger partial charge in [0.2, 0.25) is 5.91 Å². The zero-order chi connectivity index (χ0) is 22.4. The van der Waals surface area contributed by atoms with Crippen LogP contribution >= 0.6 is 11.3 Å². The highest BCUT2D eigenvalue weighted by Gasteiger charge is 2.19. The minimum Gasteiger partial charge on any atom is -0.325 e. The summed E-state index contributed by atoms with van der Waals surface area (Å²) >= 11 is 1.18. The van der Waals surface area contributed by atoms with Crippen molar-refractivity contribution in [3.63, 3.8) is 0 Å². The molecule has 1 N–H and O–H groups in total. The molecule has 4 aromatic rings. The average Bonchev–Trinajstić information content (AvgIpc) is 3.43. The number of benzene rings is 2. The number of halogens is 1. The summed E-state index contributed by atoms with van der Waals surface area (Å²) in [6.07, 6.45) is 3.15. The third kappa shape index (κ3) is 3.46. The van der Waals surface area contributed by atoms with Crippen molar-refractivity contribution in [2.45, 2.75) is 32.7 Å². The number of nitrogens with zero attached hydrogens (tertiary/aromatic N) is 2. The molecule has 1 aliphatic rings. The molecule has 0 radical (unpaired) electrons. The van der Waals surface area contributed by atoms with Gasteiger partial charge in [0.25, 0.3) is 5.56 Å². The Bertz CT molecular complexity index is 1500. The van der Waals surface area contributed by atoms with Gasteiger partial charge in [0.1, 0.15) is 17.1 Å². The summed E-state index contributed by atoms with van der Waals surface area (Å²) in [6.45, 7) is 1.43. The lowest BCUT2D eigenvalue weighted by atomic mass is 10.1. The topological polar surface area (TPSA) is 73.1 Å². The number of aromatic nitrogens is 2. The van der Waals surface area contributed by atoms with Crippen molar-refractivity contribution in [1.29, 1.82) is 0 Å². The van der Waals surface area contributed by atoms with Crippen LogP contribution < -0.4 is 16.6 Å². The van der Waals surface area contributed by atoms with E-state index in [9.17, 15) is 18.8 Å². The Labute approximate surface area is 186 Å². The molecule has 5 rings (SSSR count). The summed E-state index contributed by atoms with van der Waals surface area (Å²) < 4.78 is 16.5. The van der Waals surface area contributed by atoms with Crippen LogP contribution in [0.3, 0.4) is 0 Å². The predicted molar refractivity (Wildman–Crippen MR) is 123 cm³/mol. The van der Waals surface area contributed by atoms with Gasteiger partial charge in [0.15, 0.2) is 0 Å². The van der Waals surface area contributed by atoms with Crippen molar-refractivity contribution in [2.75, 3.05) is 5.32 Å². The number of thiophene rings is 1. The minimum atomic E-state index is -0.682. The molecule has 0 bridgehead atoms. The van der Waals surface area contributed by atoms with Gasteiger partial charge in [0, 0.05) is 5.69 Å². The maximum absolute atomic E-state index is 13.9. The van der Waals surface area contributed by atoms with E-state index in [4.69, 9.17) is 0 Å². The van der Waals surface area contributed by atoms with Crippen LogP contribution in [0.4, 0.5) is 10.1 Å². The number of amides is 1. The molecular weight excluding hydrogens is 429 g/mol. The second kappa shape index (κ2) is 7.87. The van der Waals surface area contributed by atoms with Gasteiger partial charge in [-0.15, -0.1) is 11.3 Å². The smallest absolute Gasteiger partial charge is 0.325 e. The second-order valence-corrected chi connectivity index (χ2v) is 8.88. The fraction of sp³-hybridized carbons (Fsp3) is 0.208. The van der Waals surface area contributed by atoms with Crippen LogP contribution in [0.15, 0.2) is 57.4 Å². The van der Waals surface area contributed by atoms with Crippen molar-refractivity contribution < 1.29 is 9.18 Å². The molecule has 0 saturated heterocycles. The lowest BCUT2D eigenvalue weighted by molar-refractivity contribution is -0.116. The fourth-order valence-electron chi connectivity index (χ4n) is 4.27. The van der Waals surface area contributed by atoms with Crippen molar-refractivity contribution in [3.05, 3.63) is 91.2 Å². The Balaban J connectivity index is 1.56. The van der Waals surface area contributed by atoms with Crippen LogP contribution in [0.25, 0.3) is 15.9 Å². The quantitative estimate of drug-likeness (QED) is 0.515. The zero-order valence-electron chi connectivity index (χ0n) is 17.4. The Morgan fingerprint density at radius 3 is 2.75 bits per heavy atom. The Hall–Kier alpha value is -3.52. The monoisotopic (exact) mass is 449 g/mol. The van der Waals surface area contributed by atoms with Gasteiger partial charge in [-0.25, -0.2) is 13.8 Å². The van der Waals surface area contributed by atoms with E-state index in [1.54, 1.807) is 18.4 Å². The van der Waals surface area contributed by atoms with Crippen LogP contribution in [0.1, 0.15) is 23.1 Å². The predicted octanol–water partition coefficient (Wildman–Crippen LogP) is 3.79. The first-order chi connectivity index (χ1) is 15.4. The SMILES string of the molecule is Cc1ccc(F)cc1-n1c(=O)c2sccc2n(CC(=O)Nc2ccc3c(c2)CCC3)c1=O. The molecule has 6 nitrogen and oxygen atoms in total. The molecule has 0 fully saturated rings. The number of carbonyl (C=O) groups excluding carboxylic acids is 1. The van der Waals surface area contributed by atoms with Gasteiger partial charge >= 0.3 is 5.69 Å². The second-order valence-electron chi connectivity index (χ2n) is 7.96. The van der Waals surface area contributed by atoms with Crippen LogP contribution in [-0.4, -0.2) is 15.0 Å². The maximum Gasteiger partial charge on any atom is 0.336 e. The number of carbonyl (C=O) groups is 1. The Morgan fingerprint density at radius 1 is 1.09 bits per heavy atom. The Morgan fingerprint density at radius 2 is 1.91 bits per heavy atom. The molecule has 2 heterocycles. The molecule has 32 heavy (non-hydrogen) atoms. The lowest BCUT2D eigenvalue weighted by Gasteiger charge is -2.14. The molecule has 8 heteroatoms. The molecule has 1 amide bonds. The van der Waals surface area contributed by atoms with E-state index in [2.05, 4.69) is 5.32 Å². The van der Waals surface area contributed by atoms with E-state index in [-0.39, 0.29) is 18.1 Å². The van der Waals surface area contributed by atoms with E-state index < -0.39 is 17.1 Å². The number of hydrogen-bond donors (Lipinski definition) is 1. The molecule has 0 atom stereocenters. The van der Waals surface area contributed by atoms with Gasteiger partial charge < -0.3 is 5.32 Å². The molecule has 0 aliphatic heterocycles. The average molecular weight is 450 g/mol. The highest BCUT2D eigenvalue weighted by molar-refractivity contribution is 7.17. The van der Waals surface area contributed by atoms with Gasteiger partial charge in [-0.2, -0.15) is 0 Å². The summed E-state index contributed by atoms with van der Waals surface area (Å²) in [6, 6.07) is 11.5. The highest BCUT2D eigenvalue weighted by Crippen LogP contribution is 2.25. The first-order valence-electron chi connectivity index (χ1n) is 10.3. The molecule has 1 aliphatic carbocycles. The zero-order valence-corrected chi connectivity index (χ0v) is 18.2. The van der Waals surface area contributed by atoms with E-state index in [1.165, 1.54) is 39.2 Å². The van der Waals surface area contributed by atoms with Crippen molar-refractivity contribution in [2.24, 2.45) is 0 Å². The van der Waals surface area contributed by atoms with Gasteiger partial charge in [-0.3, -0.25) is 14.2 Å². The molecule has 0 unspecified atom stereocenters. The number of rotatable bonds is 4. The van der Waals surface area contributed by atoms with E-state index in [1.807, 2.05) is 18.2 Å². The van der Waals surface area contributed by atoms with Crippen molar-refractivity contribution in [3.8, 4) is 5.69 Å². The highest BCUT2D eigenvalue weighted by atomic mass is 32.1. The van der Waals surface area contributed by atoms with Gasteiger partial charge in [-0.1, -0.05) is 12.1 Å². The number of anilines is 1. The number of fused-ring (bicyclic) bond motifs is 2. The Kier molecular flexibility index (Phi) is 5.01. The molecule has 2 aromatic carbocycles. The summed E-state index contributed by atoms with van der Waals surface area (Å²) in [4.78, 5) is 39.2. The third-order valence-electron chi connectivity index (χ3n) is 5.85. The largest absolute Gasteiger partial charge is 0.336 e. The first kappa shape index (κ1) is 20.4. The van der Waals surface area contributed by atoms with Crippen LogP contribution in [-0.2, 0) is 24.2 Å². The van der Waals surface area contributed by atoms with E-state index in [0.717, 1.165) is 29.9 Å². The summed E-state index contributed by atoms with van der Waals surface area (Å²) in [5.74, 6) is -0.928. The van der Waals surface area contributed by atoms with Gasteiger partial charge in [0.05, 0.1) is 11.2 Å². The van der Waals surface area contributed by atoms with Crippen molar-refractivity contribution in [1.82, 2.24) is 9.13 Å². The van der Waals surface area contributed by atoms with Crippen LogP contribution in [0, 0.1) is 12.7 Å². The number of nitrogens with one attached hydrogen (secondary N) is 1. The van der Waals surface area contributed by atoms with Crippen LogP contribution in [0.5, 0.6) is 0 Å². The number of aryl methyl sites for hydroxylation is 3. The minimum absolute atomic E-state index is 0.170. The fourth-order valence-corrected chi connectivity index (χ4v) is 5.09. The molecule has 0 saturated carbocycles. The third-order valence-corrected chi connectivity index (χ3v) is 6.74. The summed E-state index contributed by atoms with van der Waals surface area (Å²) in [7, 11) is 0. The lowest BCUT2D eigenvalue weighted by Crippen LogP contribution is -2.40. The molecule has 0 spiro atoms. The van der Waals surface area contributed by atoms with Crippen molar-refractivity contribution >= 4 is 33.1 Å². The van der Waals surface area contributed by atoms with E-state index in [0.29, 0.717) is 21.5 Å². The molecular formula is C24H20FN3O3S. The summed E-state index contributed by atoms with van der Waals surface area (Å²) in [5, 5.41) is 4.55. The van der Waals surface area contributed by atoms with Gasteiger partial charge in [-0.05, 0) is 78.6 Å². The number of hydrogen-bond acceptors (Lipinski definition) is 4. The summed E-state index contributed by atoms with van der Waals surface area (Å²) in [5.41, 5.74) is 3.15. The van der Waals surface area contributed by atoms with E-state index >= 15 is 0 Å². The standard InChI is InChI=1S/C24H20FN3O3S/c1-14-5-7-17(25)12-20(14)28-23(30)22-19(9-10-32-22)27(24(28)31)13-21(29)26-18-8-6-15-3-2-4-16(15)11-18/h5-12H,2-4,13H2,1H3,(H,26,29). The first-order valence-corrected chi connectivity index (χ1v) is 11.2.